The van der Waals surface area contributed by atoms with Gasteiger partial charge in [0.25, 0.3) is 5.91 Å². The summed E-state index contributed by atoms with van der Waals surface area (Å²) in [5.74, 6) is 0.522. The molecule has 0 aliphatic rings. The Morgan fingerprint density at radius 1 is 1.00 bits per heavy atom. The van der Waals surface area contributed by atoms with Crippen LogP contribution in [0.5, 0.6) is 5.75 Å². The van der Waals surface area contributed by atoms with Gasteiger partial charge < -0.3 is 10.1 Å². The number of halogens is 2. The Bertz CT molecular complexity index is 1220. The minimum absolute atomic E-state index is 0.232. The summed E-state index contributed by atoms with van der Waals surface area (Å²) >= 11 is 12.4. The van der Waals surface area contributed by atoms with Crippen molar-refractivity contribution in [2.45, 2.75) is 6.92 Å². The van der Waals surface area contributed by atoms with E-state index in [2.05, 4.69) is 5.32 Å². The van der Waals surface area contributed by atoms with E-state index < -0.39 is 0 Å². The molecule has 1 aromatic heterocycles. The highest BCUT2D eigenvalue weighted by atomic mass is 35.5. The summed E-state index contributed by atoms with van der Waals surface area (Å²) in [6, 6.07) is 21.7. The highest BCUT2D eigenvalue weighted by molar-refractivity contribution is 6.36. The number of benzene rings is 3. The molecule has 4 aromatic rings. The van der Waals surface area contributed by atoms with Crippen molar-refractivity contribution in [3.05, 3.63) is 88.4 Å². The van der Waals surface area contributed by atoms with E-state index in [9.17, 15) is 4.79 Å². The lowest BCUT2D eigenvalue weighted by Gasteiger charge is -2.12. The van der Waals surface area contributed by atoms with Crippen LogP contribution in [0.3, 0.4) is 0 Å². The van der Waals surface area contributed by atoms with E-state index in [1.54, 1.807) is 24.3 Å². The molecule has 4 nitrogen and oxygen atoms in total. The lowest BCUT2D eigenvalue weighted by Crippen LogP contribution is -2.13. The molecule has 150 valence electrons. The van der Waals surface area contributed by atoms with Crippen molar-refractivity contribution < 1.29 is 9.53 Å². The van der Waals surface area contributed by atoms with Gasteiger partial charge in [-0.3, -0.25) is 4.79 Å². The number of para-hydroxylation sites is 1. The molecule has 0 atom stereocenters. The van der Waals surface area contributed by atoms with Crippen LogP contribution in [0.4, 0.5) is 5.69 Å². The molecule has 0 spiro atoms. The molecule has 3 aromatic carbocycles. The first-order valence-electron chi connectivity index (χ1n) is 9.44. The maximum absolute atomic E-state index is 13.1. The van der Waals surface area contributed by atoms with Crippen LogP contribution in [-0.2, 0) is 0 Å². The smallest absolute Gasteiger partial charge is 0.256 e. The van der Waals surface area contributed by atoms with Crippen LogP contribution in [0.25, 0.3) is 22.2 Å². The van der Waals surface area contributed by atoms with Gasteiger partial charge in [0.15, 0.2) is 0 Å². The summed E-state index contributed by atoms with van der Waals surface area (Å²) in [5.41, 5.74) is 3.21. The maximum Gasteiger partial charge on any atom is 0.256 e. The van der Waals surface area contributed by atoms with E-state index in [4.69, 9.17) is 32.9 Å². The van der Waals surface area contributed by atoms with Crippen LogP contribution in [0.1, 0.15) is 17.3 Å². The first-order valence-corrected chi connectivity index (χ1v) is 10.2. The number of carbonyl (C=O) groups is 1. The van der Waals surface area contributed by atoms with Crippen molar-refractivity contribution >= 4 is 45.7 Å². The summed E-state index contributed by atoms with van der Waals surface area (Å²) in [6.07, 6.45) is 0. The average molecular weight is 437 g/mol. The number of amides is 1. The van der Waals surface area contributed by atoms with Crippen molar-refractivity contribution in [3.63, 3.8) is 0 Å². The topological polar surface area (TPSA) is 51.2 Å². The zero-order valence-corrected chi connectivity index (χ0v) is 17.7. The van der Waals surface area contributed by atoms with Crippen LogP contribution in [-0.4, -0.2) is 17.5 Å². The minimum Gasteiger partial charge on any atom is -0.494 e. The molecule has 1 N–H and O–H groups in total. The second-order valence-corrected chi connectivity index (χ2v) is 7.45. The summed E-state index contributed by atoms with van der Waals surface area (Å²) in [5, 5.41) is 4.72. The molecule has 0 fully saturated rings. The van der Waals surface area contributed by atoms with Crippen molar-refractivity contribution in [1.29, 1.82) is 0 Å². The number of hydrogen-bond donors (Lipinski definition) is 1. The summed E-state index contributed by atoms with van der Waals surface area (Å²) in [6.45, 7) is 2.51. The SMILES string of the molecule is CCOc1ccc(NC(=O)c2cc(-c3ccc(Cl)cc3Cl)nc3ccccc23)cc1. The van der Waals surface area contributed by atoms with Crippen LogP contribution in [0, 0.1) is 0 Å². The monoisotopic (exact) mass is 436 g/mol. The number of aromatic nitrogens is 1. The fourth-order valence-corrected chi connectivity index (χ4v) is 3.70. The van der Waals surface area contributed by atoms with Gasteiger partial charge in [0.2, 0.25) is 0 Å². The quantitative estimate of drug-likeness (QED) is 0.371. The van der Waals surface area contributed by atoms with Gasteiger partial charge in [-0.25, -0.2) is 4.98 Å². The third-order valence-electron chi connectivity index (χ3n) is 4.59. The number of nitrogens with zero attached hydrogens (tertiary/aromatic N) is 1. The number of pyridine rings is 1. The summed E-state index contributed by atoms with van der Waals surface area (Å²) < 4.78 is 5.45. The second kappa shape index (κ2) is 8.74. The molecule has 1 heterocycles. The fourth-order valence-electron chi connectivity index (χ4n) is 3.20. The number of hydrogen-bond acceptors (Lipinski definition) is 3. The Morgan fingerprint density at radius 3 is 2.50 bits per heavy atom. The van der Waals surface area contributed by atoms with E-state index in [0.717, 1.165) is 11.1 Å². The largest absolute Gasteiger partial charge is 0.494 e. The average Bonchev–Trinajstić information content (AvgIpc) is 2.74. The van der Waals surface area contributed by atoms with Gasteiger partial charge in [0.05, 0.1) is 28.4 Å². The molecule has 6 heteroatoms. The van der Waals surface area contributed by atoms with E-state index in [-0.39, 0.29) is 5.91 Å². The number of anilines is 1. The molecular formula is C24H18Cl2N2O2. The predicted molar refractivity (Wildman–Crippen MR) is 123 cm³/mol. The van der Waals surface area contributed by atoms with Crippen molar-refractivity contribution in [2.75, 3.05) is 11.9 Å². The Kier molecular flexibility index (Phi) is 5.88. The Hall–Kier alpha value is -3.08. The van der Waals surface area contributed by atoms with Gasteiger partial charge in [-0.2, -0.15) is 0 Å². The highest BCUT2D eigenvalue weighted by Crippen LogP contribution is 2.32. The summed E-state index contributed by atoms with van der Waals surface area (Å²) in [4.78, 5) is 17.8. The minimum atomic E-state index is -0.232. The van der Waals surface area contributed by atoms with E-state index in [1.807, 2.05) is 55.5 Å². The van der Waals surface area contributed by atoms with Gasteiger partial charge >= 0.3 is 0 Å². The van der Waals surface area contributed by atoms with Crippen LogP contribution in [0.2, 0.25) is 10.0 Å². The maximum atomic E-state index is 13.1. The zero-order chi connectivity index (χ0) is 21.1. The summed E-state index contributed by atoms with van der Waals surface area (Å²) in [7, 11) is 0. The van der Waals surface area contributed by atoms with Gasteiger partial charge in [-0.05, 0) is 61.5 Å². The fraction of sp³-hybridized carbons (Fsp3) is 0.0833. The standard InChI is InChI=1S/C24H18Cl2N2O2/c1-2-30-17-10-8-16(9-11-17)27-24(29)20-14-23(19-12-7-15(25)13-21(19)26)28-22-6-4-3-5-18(20)22/h3-14H,2H2,1H3,(H,27,29). The molecule has 0 aliphatic heterocycles. The van der Waals surface area contributed by atoms with Gasteiger partial charge in [0, 0.05) is 21.7 Å². The molecule has 0 radical (unpaired) electrons. The third kappa shape index (κ3) is 4.25. The highest BCUT2D eigenvalue weighted by Gasteiger charge is 2.16. The van der Waals surface area contributed by atoms with Gasteiger partial charge in [-0.1, -0.05) is 41.4 Å². The third-order valence-corrected chi connectivity index (χ3v) is 5.14. The number of nitrogens with one attached hydrogen (secondary N) is 1. The van der Waals surface area contributed by atoms with E-state index in [0.29, 0.717) is 44.7 Å². The van der Waals surface area contributed by atoms with E-state index >= 15 is 0 Å². The predicted octanol–water partition coefficient (Wildman–Crippen LogP) is 6.86. The van der Waals surface area contributed by atoms with Gasteiger partial charge in [-0.15, -0.1) is 0 Å². The number of carbonyl (C=O) groups excluding carboxylic acids is 1. The lowest BCUT2D eigenvalue weighted by atomic mass is 10.0. The molecule has 0 bridgehead atoms. The Morgan fingerprint density at radius 2 is 1.77 bits per heavy atom. The molecule has 0 saturated heterocycles. The molecule has 0 saturated carbocycles. The van der Waals surface area contributed by atoms with E-state index in [1.165, 1.54) is 0 Å². The van der Waals surface area contributed by atoms with Crippen molar-refractivity contribution in [1.82, 2.24) is 4.98 Å². The Balaban J connectivity index is 1.74. The molecular weight excluding hydrogens is 419 g/mol. The number of fused-ring (bicyclic) bond motifs is 1. The molecule has 30 heavy (non-hydrogen) atoms. The van der Waals surface area contributed by atoms with Crippen LogP contribution >= 0.6 is 23.2 Å². The van der Waals surface area contributed by atoms with Gasteiger partial charge in [0.1, 0.15) is 5.75 Å². The number of ether oxygens (including phenoxy) is 1. The molecule has 1 amide bonds. The first kappa shape index (κ1) is 20.2. The van der Waals surface area contributed by atoms with Crippen molar-refractivity contribution in [2.24, 2.45) is 0 Å². The zero-order valence-electron chi connectivity index (χ0n) is 16.2. The molecule has 0 unspecified atom stereocenters. The lowest BCUT2D eigenvalue weighted by molar-refractivity contribution is 0.102. The van der Waals surface area contributed by atoms with Crippen molar-refractivity contribution in [3.8, 4) is 17.0 Å². The normalized spacial score (nSPS) is 10.8. The Labute approximate surface area is 184 Å². The van der Waals surface area contributed by atoms with Crippen LogP contribution < -0.4 is 10.1 Å². The van der Waals surface area contributed by atoms with Crippen LogP contribution in [0.15, 0.2) is 72.8 Å². The number of rotatable bonds is 5. The molecule has 4 rings (SSSR count). The molecule has 0 aliphatic carbocycles. The second-order valence-electron chi connectivity index (χ2n) is 6.61. The first-order chi connectivity index (χ1) is 14.5.